The number of hydrogen-bond acceptors (Lipinski definition) is 5. The average molecular weight is 359 g/mol. The van der Waals surface area contributed by atoms with Crippen molar-refractivity contribution in [1.82, 2.24) is 5.32 Å². The second-order valence-corrected chi connectivity index (χ2v) is 7.28. The van der Waals surface area contributed by atoms with Crippen molar-refractivity contribution in [3.05, 3.63) is 74.1 Å². The monoisotopic (exact) mass is 359 g/mol. The third-order valence-corrected chi connectivity index (χ3v) is 5.60. The molecule has 2 aromatic heterocycles. The molecule has 2 heterocycles. The molecule has 0 saturated heterocycles. The molecule has 2 N–H and O–H groups in total. The van der Waals surface area contributed by atoms with Gasteiger partial charge in [-0.1, -0.05) is 18.2 Å². The van der Waals surface area contributed by atoms with Crippen LogP contribution in [-0.2, 0) is 6.54 Å². The van der Waals surface area contributed by atoms with Crippen molar-refractivity contribution in [3.63, 3.8) is 0 Å². The maximum Gasteiger partial charge on any atom is 0.255 e. The number of thiophene rings is 2. The number of benzene rings is 1. The molecule has 0 aliphatic heterocycles. The van der Waals surface area contributed by atoms with Crippen molar-refractivity contribution in [3.8, 4) is 5.75 Å². The second kappa shape index (κ2) is 7.61. The molecule has 0 bridgehead atoms. The molecule has 1 aromatic carbocycles. The van der Waals surface area contributed by atoms with Gasteiger partial charge in [0, 0.05) is 14.6 Å². The zero-order valence-corrected chi connectivity index (χ0v) is 14.7. The summed E-state index contributed by atoms with van der Waals surface area (Å²) >= 11 is 3.02. The quantitative estimate of drug-likeness (QED) is 0.703. The van der Waals surface area contributed by atoms with Gasteiger partial charge in [0.15, 0.2) is 0 Å². The van der Waals surface area contributed by atoms with E-state index in [9.17, 15) is 9.90 Å². The molecular formula is C18H17NO3S2. The standard InChI is InChI=1S/C18H17NO3S2/c1-22-14-6-3-2-5-13(14)18(21)19-11-12-8-9-16(24-12)17(20)15-7-4-10-23-15/h2-10,17,20H,11H2,1H3,(H,19,21). The number of ether oxygens (including phenoxy) is 1. The van der Waals surface area contributed by atoms with Crippen LogP contribution in [0.4, 0.5) is 0 Å². The number of methoxy groups -OCH3 is 1. The summed E-state index contributed by atoms with van der Waals surface area (Å²) in [6.07, 6.45) is -0.603. The molecule has 0 aliphatic rings. The maximum absolute atomic E-state index is 12.3. The van der Waals surface area contributed by atoms with E-state index in [1.165, 1.54) is 22.7 Å². The van der Waals surface area contributed by atoms with Gasteiger partial charge in [-0.25, -0.2) is 0 Å². The topological polar surface area (TPSA) is 58.6 Å². The zero-order chi connectivity index (χ0) is 16.9. The van der Waals surface area contributed by atoms with Crippen LogP contribution in [0.1, 0.15) is 31.1 Å². The first-order valence-corrected chi connectivity index (χ1v) is 9.10. The second-order valence-electron chi connectivity index (χ2n) is 5.10. The summed E-state index contributed by atoms with van der Waals surface area (Å²) in [7, 11) is 1.55. The van der Waals surface area contributed by atoms with Crippen LogP contribution in [0.25, 0.3) is 0 Å². The van der Waals surface area contributed by atoms with Crippen LogP contribution in [-0.4, -0.2) is 18.1 Å². The molecule has 1 amide bonds. The first-order chi connectivity index (χ1) is 11.7. The van der Waals surface area contributed by atoms with Crippen molar-refractivity contribution < 1.29 is 14.6 Å². The number of carbonyl (C=O) groups excluding carboxylic acids is 1. The molecule has 0 aliphatic carbocycles. The summed E-state index contributed by atoms with van der Waals surface area (Å²) in [5, 5.41) is 15.2. The summed E-state index contributed by atoms with van der Waals surface area (Å²) < 4.78 is 5.21. The summed E-state index contributed by atoms with van der Waals surface area (Å²) in [6, 6.07) is 14.8. The summed E-state index contributed by atoms with van der Waals surface area (Å²) in [6.45, 7) is 0.415. The fraction of sp³-hybridized carbons (Fsp3) is 0.167. The molecule has 3 aromatic rings. The Balaban J connectivity index is 1.64. The number of para-hydroxylation sites is 1. The van der Waals surface area contributed by atoms with Gasteiger partial charge >= 0.3 is 0 Å². The van der Waals surface area contributed by atoms with E-state index < -0.39 is 6.10 Å². The van der Waals surface area contributed by atoms with E-state index in [4.69, 9.17) is 4.74 Å². The minimum atomic E-state index is -0.603. The van der Waals surface area contributed by atoms with Crippen LogP contribution in [0.3, 0.4) is 0 Å². The van der Waals surface area contributed by atoms with Gasteiger partial charge < -0.3 is 15.2 Å². The predicted molar refractivity (Wildman–Crippen MR) is 96.9 cm³/mol. The van der Waals surface area contributed by atoms with Crippen LogP contribution in [0.5, 0.6) is 5.75 Å². The molecule has 0 spiro atoms. The summed E-state index contributed by atoms with van der Waals surface area (Å²) in [4.78, 5) is 15.1. The van der Waals surface area contributed by atoms with E-state index in [-0.39, 0.29) is 5.91 Å². The maximum atomic E-state index is 12.3. The highest BCUT2D eigenvalue weighted by molar-refractivity contribution is 7.12. The number of aliphatic hydroxyl groups excluding tert-OH is 1. The zero-order valence-electron chi connectivity index (χ0n) is 13.1. The van der Waals surface area contributed by atoms with Gasteiger partial charge in [0.2, 0.25) is 0 Å². The lowest BCUT2D eigenvalue weighted by molar-refractivity contribution is 0.0948. The van der Waals surface area contributed by atoms with E-state index in [1.54, 1.807) is 25.3 Å². The van der Waals surface area contributed by atoms with Crippen molar-refractivity contribution in [1.29, 1.82) is 0 Å². The lowest BCUT2D eigenvalue weighted by Gasteiger charge is -2.08. The van der Waals surface area contributed by atoms with Gasteiger partial charge in [0.25, 0.3) is 5.91 Å². The largest absolute Gasteiger partial charge is 0.496 e. The molecule has 4 nitrogen and oxygen atoms in total. The fourth-order valence-corrected chi connectivity index (χ4v) is 4.08. The highest BCUT2D eigenvalue weighted by Gasteiger charge is 2.15. The van der Waals surface area contributed by atoms with E-state index in [0.29, 0.717) is 17.9 Å². The Morgan fingerprint density at radius 1 is 1.17 bits per heavy atom. The number of aliphatic hydroxyl groups is 1. The predicted octanol–water partition coefficient (Wildman–Crippen LogP) is 3.83. The van der Waals surface area contributed by atoms with Crippen LogP contribution >= 0.6 is 22.7 Å². The molecule has 1 atom stereocenters. The number of hydrogen-bond donors (Lipinski definition) is 2. The smallest absolute Gasteiger partial charge is 0.255 e. The SMILES string of the molecule is COc1ccccc1C(=O)NCc1ccc(C(O)c2cccs2)s1. The Hall–Kier alpha value is -2.15. The molecule has 0 fully saturated rings. The molecule has 24 heavy (non-hydrogen) atoms. The Kier molecular flexibility index (Phi) is 5.30. The first kappa shape index (κ1) is 16.7. The summed E-state index contributed by atoms with van der Waals surface area (Å²) in [5.74, 6) is 0.371. The van der Waals surface area contributed by atoms with Gasteiger partial charge in [0.1, 0.15) is 11.9 Å². The minimum Gasteiger partial charge on any atom is -0.496 e. The Morgan fingerprint density at radius 2 is 2.00 bits per heavy atom. The van der Waals surface area contributed by atoms with E-state index in [0.717, 1.165) is 14.6 Å². The molecule has 0 radical (unpaired) electrons. The third kappa shape index (κ3) is 3.67. The van der Waals surface area contributed by atoms with E-state index in [1.807, 2.05) is 35.7 Å². The molecule has 124 valence electrons. The highest BCUT2D eigenvalue weighted by atomic mass is 32.1. The average Bonchev–Trinajstić information content (AvgIpc) is 3.30. The molecular weight excluding hydrogens is 342 g/mol. The summed E-state index contributed by atoms with van der Waals surface area (Å²) in [5.41, 5.74) is 0.510. The van der Waals surface area contributed by atoms with E-state index >= 15 is 0 Å². The van der Waals surface area contributed by atoms with Crippen LogP contribution in [0.15, 0.2) is 53.9 Å². The van der Waals surface area contributed by atoms with Crippen molar-refractivity contribution in [2.45, 2.75) is 12.6 Å². The number of amides is 1. The van der Waals surface area contributed by atoms with Gasteiger partial charge in [0.05, 0.1) is 19.2 Å². The molecule has 1 unspecified atom stereocenters. The van der Waals surface area contributed by atoms with Gasteiger partial charge in [-0.05, 0) is 35.7 Å². The third-order valence-electron chi connectivity index (χ3n) is 3.54. The highest BCUT2D eigenvalue weighted by Crippen LogP contribution is 2.30. The van der Waals surface area contributed by atoms with E-state index in [2.05, 4.69) is 5.32 Å². The number of rotatable bonds is 6. The molecule has 3 rings (SSSR count). The first-order valence-electron chi connectivity index (χ1n) is 7.40. The molecule has 0 saturated carbocycles. The fourth-order valence-electron chi connectivity index (χ4n) is 2.32. The Labute approximate surface area is 148 Å². The van der Waals surface area contributed by atoms with Crippen LogP contribution < -0.4 is 10.1 Å². The Morgan fingerprint density at radius 3 is 2.75 bits per heavy atom. The van der Waals surface area contributed by atoms with Crippen molar-refractivity contribution in [2.24, 2.45) is 0 Å². The lowest BCUT2D eigenvalue weighted by Crippen LogP contribution is -2.22. The number of nitrogens with one attached hydrogen (secondary N) is 1. The minimum absolute atomic E-state index is 0.179. The van der Waals surface area contributed by atoms with Crippen LogP contribution in [0.2, 0.25) is 0 Å². The Bertz CT molecular complexity index is 811. The van der Waals surface area contributed by atoms with Crippen molar-refractivity contribution >= 4 is 28.6 Å². The normalized spacial score (nSPS) is 11.9. The molecule has 6 heteroatoms. The van der Waals surface area contributed by atoms with Gasteiger partial charge in [-0.2, -0.15) is 0 Å². The lowest BCUT2D eigenvalue weighted by atomic mass is 10.2. The van der Waals surface area contributed by atoms with Gasteiger partial charge in [-0.15, -0.1) is 22.7 Å². The van der Waals surface area contributed by atoms with Gasteiger partial charge in [-0.3, -0.25) is 4.79 Å². The number of carbonyl (C=O) groups is 1. The van der Waals surface area contributed by atoms with Crippen molar-refractivity contribution in [2.75, 3.05) is 7.11 Å². The van der Waals surface area contributed by atoms with Crippen LogP contribution in [0, 0.1) is 0 Å².